The predicted octanol–water partition coefficient (Wildman–Crippen LogP) is -0.775. The van der Waals surface area contributed by atoms with E-state index in [9.17, 15) is 14.4 Å². The molecule has 0 amide bonds. The Morgan fingerprint density at radius 1 is 0.667 bits per heavy atom. The molecule has 36 heavy (non-hydrogen) atoms. The molecule has 4 aromatic rings. The number of rotatable bonds is 9. The zero-order valence-corrected chi connectivity index (χ0v) is 19.1. The van der Waals surface area contributed by atoms with Crippen molar-refractivity contribution in [3.63, 3.8) is 0 Å². The van der Waals surface area contributed by atoms with Crippen molar-refractivity contribution in [3.05, 3.63) is 61.0 Å². The first kappa shape index (κ1) is 23.8. The standard InChI is InChI=1S/C19H19N11O6/c1-34-17-20-5-8(12(31)27-17)4-11-25-15(23-9-6-21-18(35-2)28-13(9)32)30-16(26-11)24-10-7-22-19(36-3)29-14(10)33/h5-7H,4H2,1-3H3,(H,20,27,31)(H,21,28,32)(H,22,29,33)(H2,23,24,25,26,30). The highest BCUT2D eigenvalue weighted by molar-refractivity contribution is 5.55. The van der Waals surface area contributed by atoms with Gasteiger partial charge in [-0.3, -0.25) is 29.3 Å². The van der Waals surface area contributed by atoms with Crippen molar-refractivity contribution in [1.82, 2.24) is 44.9 Å². The highest BCUT2D eigenvalue weighted by Crippen LogP contribution is 2.15. The second kappa shape index (κ2) is 10.3. The Hall–Kier alpha value is -5.35. The van der Waals surface area contributed by atoms with Gasteiger partial charge in [-0.1, -0.05) is 0 Å². The van der Waals surface area contributed by atoms with Gasteiger partial charge in [-0.15, -0.1) is 0 Å². The van der Waals surface area contributed by atoms with Crippen molar-refractivity contribution < 1.29 is 14.2 Å². The Bertz CT molecular complexity index is 1370. The maximum atomic E-state index is 12.4. The molecule has 186 valence electrons. The van der Waals surface area contributed by atoms with E-state index in [0.29, 0.717) is 0 Å². The van der Waals surface area contributed by atoms with Gasteiger partial charge in [0.15, 0.2) is 0 Å². The predicted molar refractivity (Wildman–Crippen MR) is 123 cm³/mol. The Labute approximate surface area is 200 Å². The number of methoxy groups -OCH3 is 3. The van der Waals surface area contributed by atoms with Crippen molar-refractivity contribution in [2.45, 2.75) is 6.42 Å². The van der Waals surface area contributed by atoms with Crippen LogP contribution in [0.25, 0.3) is 0 Å². The average Bonchev–Trinajstić information content (AvgIpc) is 2.87. The molecule has 4 heterocycles. The fourth-order valence-corrected chi connectivity index (χ4v) is 2.80. The summed E-state index contributed by atoms with van der Waals surface area (Å²) in [5, 5.41) is 5.47. The Kier molecular flexibility index (Phi) is 6.80. The average molecular weight is 497 g/mol. The lowest BCUT2D eigenvalue weighted by molar-refractivity contribution is 0.377. The van der Waals surface area contributed by atoms with Crippen LogP contribution in [0.1, 0.15) is 11.4 Å². The quantitative estimate of drug-likeness (QED) is 0.191. The summed E-state index contributed by atoms with van der Waals surface area (Å²) < 4.78 is 14.7. The van der Waals surface area contributed by atoms with E-state index in [1.165, 1.54) is 39.9 Å². The monoisotopic (exact) mass is 497 g/mol. The molecule has 0 aliphatic rings. The molecule has 0 spiro atoms. The van der Waals surface area contributed by atoms with Crippen LogP contribution in [0, 0.1) is 0 Å². The third-order valence-electron chi connectivity index (χ3n) is 4.51. The molecular formula is C19H19N11O6. The van der Waals surface area contributed by atoms with Gasteiger partial charge >= 0.3 is 0 Å². The summed E-state index contributed by atoms with van der Waals surface area (Å²) in [7, 11) is 4.07. The van der Waals surface area contributed by atoms with Crippen molar-refractivity contribution in [3.8, 4) is 18.0 Å². The number of ether oxygens (including phenoxy) is 3. The fourth-order valence-electron chi connectivity index (χ4n) is 2.80. The molecule has 0 aliphatic carbocycles. The van der Waals surface area contributed by atoms with Gasteiger partial charge in [0.1, 0.15) is 17.2 Å². The van der Waals surface area contributed by atoms with Gasteiger partial charge in [-0.2, -0.15) is 15.0 Å². The number of nitrogens with one attached hydrogen (secondary N) is 5. The SMILES string of the molecule is COc1ncc(Cc2nc(Nc3cnc(OC)[nH]c3=O)nc(Nc3cnc(OC)[nH]c3=O)n2)c(=O)[nH]1. The zero-order chi connectivity index (χ0) is 25.7. The van der Waals surface area contributed by atoms with Crippen LogP contribution >= 0.6 is 0 Å². The molecule has 0 aliphatic heterocycles. The first-order valence-electron chi connectivity index (χ1n) is 10.1. The smallest absolute Gasteiger partial charge is 0.296 e. The minimum absolute atomic E-state index is 0.00632. The highest BCUT2D eigenvalue weighted by Gasteiger charge is 2.14. The second-order valence-corrected chi connectivity index (χ2v) is 6.84. The van der Waals surface area contributed by atoms with Crippen molar-refractivity contribution >= 4 is 23.3 Å². The van der Waals surface area contributed by atoms with Crippen LogP contribution in [-0.2, 0) is 6.42 Å². The van der Waals surface area contributed by atoms with E-state index >= 15 is 0 Å². The topological polar surface area (TPSA) is 228 Å². The summed E-state index contributed by atoms with van der Waals surface area (Å²) in [6, 6.07) is 0.0741. The van der Waals surface area contributed by atoms with Crippen molar-refractivity contribution in [2.24, 2.45) is 0 Å². The summed E-state index contributed by atoms with van der Waals surface area (Å²) in [5.41, 5.74) is -1.32. The molecule has 0 fully saturated rings. The Morgan fingerprint density at radius 3 is 1.53 bits per heavy atom. The van der Waals surface area contributed by atoms with E-state index in [1.54, 1.807) is 0 Å². The molecular weight excluding hydrogens is 478 g/mol. The zero-order valence-electron chi connectivity index (χ0n) is 19.1. The van der Waals surface area contributed by atoms with Gasteiger partial charge in [0.2, 0.25) is 11.9 Å². The van der Waals surface area contributed by atoms with Crippen molar-refractivity contribution in [2.75, 3.05) is 32.0 Å². The van der Waals surface area contributed by atoms with Gasteiger partial charge in [0.25, 0.3) is 34.7 Å². The van der Waals surface area contributed by atoms with Gasteiger partial charge < -0.3 is 24.8 Å². The number of hydrogen-bond donors (Lipinski definition) is 5. The number of aromatic nitrogens is 9. The summed E-state index contributed by atoms with van der Waals surface area (Å²) in [5.74, 6) is -0.0326. The molecule has 4 aromatic heterocycles. The van der Waals surface area contributed by atoms with Gasteiger partial charge in [-0.25, -0.2) is 15.0 Å². The van der Waals surface area contributed by atoms with Crippen LogP contribution in [0.15, 0.2) is 33.0 Å². The maximum absolute atomic E-state index is 12.4. The number of H-pyrrole nitrogens is 3. The lowest BCUT2D eigenvalue weighted by atomic mass is 10.2. The van der Waals surface area contributed by atoms with E-state index in [0.717, 1.165) is 0 Å². The molecule has 0 atom stereocenters. The van der Waals surface area contributed by atoms with Crippen LogP contribution in [-0.4, -0.2) is 66.2 Å². The lowest BCUT2D eigenvalue weighted by Crippen LogP contribution is -2.19. The minimum Gasteiger partial charge on any atom is -0.468 e. The first-order chi connectivity index (χ1) is 17.4. The molecule has 17 nitrogen and oxygen atoms in total. The Morgan fingerprint density at radius 2 is 1.11 bits per heavy atom. The molecule has 0 aromatic carbocycles. The van der Waals surface area contributed by atoms with Crippen LogP contribution < -0.4 is 41.5 Å². The molecule has 0 saturated carbocycles. The summed E-state index contributed by atoms with van der Waals surface area (Å²) in [6.07, 6.45) is 3.71. The van der Waals surface area contributed by atoms with Crippen LogP contribution in [0.5, 0.6) is 18.0 Å². The molecule has 5 N–H and O–H groups in total. The molecule has 0 bridgehead atoms. The molecule has 0 radical (unpaired) electrons. The van der Waals surface area contributed by atoms with Crippen LogP contribution in [0.3, 0.4) is 0 Å². The van der Waals surface area contributed by atoms with Crippen molar-refractivity contribution in [1.29, 1.82) is 0 Å². The third kappa shape index (κ3) is 5.41. The minimum atomic E-state index is -0.551. The number of aromatic amines is 3. The molecule has 0 unspecified atom stereocenters. The Balaban J connectivity index is 1.71. The number of hydrogen-bond acceptors (Lipinski definition) is 14. The lowest BCUT2D eigenvalue weighted by Gasteiger charge is -2.10. The van der Waals surface area contributed by atoms with E-state index in [-0.39, 0.29) is 59.1 Å². The highest BCUT2D eigenvalue weighted by atomic mass is 16.5. The summed E-state index contributed by atoms with van der Waals surface area (Å²) in [6.45, 7) is 0. The fraction of sp³-hybridized carbons (Fsp3) is 0.211. The van der Waals surface area contributed by atoms with Gasteiger partial charge in [0.05, 0.1) is 33.7 Å². The molecule has 17 heteroatoms. The number of anilines is 4. The third-order valence-corrected chi connectivity index (χ3v) is 4.51. The van der Waals surface area contributed by atoms with E-state index in [1.807, 2.05) is 0 Å². The van der Waals surface area contributed by atoms with E-state index in [4.69, 9.17) is 14.2 Å². The largest absolute Gasteiger partial charge is 0.468 e. The normalized spacial score (nSPS) is 10.5. The van der Waals surface area contributed by atoms with Crippen LogP contribution in [0.2, 0.25) is 0 Å². The summed E-state index contributed by atoms with van der Waals surface area (Å²) >= 11 is 0. The second-order valence-electron chi connectivity index (χ2n) is 6.84. The molecule has 4 rings (SSSR count). The van der Waals surface area contributed by atoms with Gasteiger partial charge in [0, 0.05) is 18.2 Å². The first-order valence-corrected chi connectivity index (χ1v) is 10.1. The van der Waals surface area contributed by atoms with Gasteiger partial charge in [-0.05, 0) is 0 Å². The van der Waals surface area contributed by atoms with E-state index in [2.05, 4.69) is 55.5 Å². The molecule has 0 saturated heterocycles. The van der Waals surface area contributed by atoms with E-state index < -0.39 is 16.7 Å². The summed E-state index contributed by atoms with van der Waals surface area (Å²) in [4.78, 5) is 68.9. The maximum Gasteiger partial charge on any atom is 0.296 e. The number of nitrogens with zero attached hydrogens (tertiary/aromatic N) is 6. The van der Waals surface area contributed by atoms with Crippen LogP contribution in [0.4, 0.5) is 23.3 Å².